The molecule has 2 heterocycles. The molecule has 3 aromatic rings. The van der Waals surface area contributed by atoms with E-state index in [-0.39, 0.29) is 17.0 Å². The first kappa shape index (κ1) is 18.2. The second-order valence-corrected chi connectivity index (χ2v) is 9.98. The molecule has 0 bridgehead atoms. The van der Waals surface area contributed by atoms with Gasteiger partial charge < -0.3 is 4.90 Å². The first-order valence-corrected chi connectivity index (χ1v) is 11.3. The molecule has 2 aromatic carbocycles. The van der Waals surface area contributed by atoms with E-state index in [9.17, 15) is 12.8 Å². The molecule has 5 rings (SSSR count). The molecule has 1 spiro atoms. The number of nitrogens with zero attached hydrogens (tertiary/aromatic N) is 3. The van der Waals surface area contributed by atoms with Gasteiger partial charge in [0.1, 0.15) is 5.82 Å². The van der Waals surface area contributed by atoms with E-state index >= 15 is 0 Å². The largest absolute Gasteiger partial charge is 0.309 e. The number of sulfone groups is 1. The normalized spacial score (nSPS) is 16.8. The molecule has 1 saturated carbocycles. The van der Waals surface area contributed by atoms with Gasteiger partial charge in [-0.15, -0.1) is 0 Å². The van der Waals surface area contributed by atoms with Gasteiger partial charge in [-0.2, -0.15) is 0 Å². The van der Waals surface area contributed by atoms with Crippen molar-refractivity contribution in [3.63, 3.8) is 0 Å². The third kappa shape index (κ3) is 2.92. The summed E-state index contributed by atoms with van der Waals surface area (Å²) in [6.45, 7) is 2.38. The van der Waals surface area contributed by atoms with Crippen LogP contribution in [0, 0.1) is 5.82 Å². The van der Waals surface area contributed by atoms with Gasteiger partial charge in [-0.3, -0.25) is 0 Å². The van der Waals surface area contributed by atoms with Gasteiger partial charge in [0.25, 0.3) is 0 Å². The number of halogens is 1. The van der Waals surface area contributed by atoms with Crippen molar-refractivity contribution in [2.75, 3.05) is 17.2 Å². The van der Waals surface area contributed by atoms with Gasteiger partial charge >= 0.3 is 0 Å². The molecule has 0 radical (unpaired) electrons. The van der Waals surface area contributed by atoms with E-state index in [2.05, 4.69) is 9.97 Å². The van der Waals surface area contributed by atoms with Crippen molar-refractivity contribution in [1.82, 2.24) is 9.97 Å². The minimum atomic E-state index is -3.30. The van der Waals surface area contributed by atoms with Crippen LogP contribution in [-0.2, 0) is 15.3 Å². The number of rotatable bonds is 4. The quantitative estimate of drug-likeness (QED) is 0.644. The second-order valence-electron chi connectivity index (χ2n) is 7.70. The Morgan fingerprint density at radius 1 is 1.10 bits per heavy atom. The van der Waals surface area contributed by atoms with Crippen LogP contribution in [0.1, 0.15) is 25.3 Å². The number of aromatic nitrogens is 2. The second kappa shape index (κ2) is 6.35. The molecule has 2 aliphatic rings. The van der Waals surface area contributed by atoms with Crippen LogP contribution in [0.5, 0.6) is 0 Å². The molecule has 148 valence electrons. The zero-order valence-corrected chi connectivity index (χ0v) is 16.8. The van der Waals surface area contributed by atoms with Crippen molar-refractivity contribution in [2.45, 2.75) is 30.1 Å². The van der Waals surface area contributed by atoms with Crippen LogP contribution in [0.3, 0.4) is 0 Å². The van der Waals surface area contributed by atoms with Gasteiger partial charge in [0.05, 0.1) is 10.6 Å². The van der Waals surface area contributed by atoms with Crippen molar-refractivity contribution in [2.24, 2.45) is 0 Å². The Morgan fingerprint density at radius 2 is 1.83 bits per heavy atom. The summed E-state index contributed by atoms with van der Waals surface area (Å²) >= 11 is 0. The lowest BCUT2D eigenvalue weighted by molar-refractivity contribution is 0.597. The first-order valence-electron chi connectivity index (χ1n) is 9.65. The Morgan fingerprint density at radius 3 is 2.48 bits per heavy atom. The van der Waals surface area contributed by atoms with Crippen LogP contribution < -0.4 is 4.90 Å². The summed E-state index contributed by atoms with van der Waals surface area (Å²) in [5.41, 5.74) is 3.15. The SMILES string of the molecule is CCS(=O)(=O)c1ccc2c(c1)N(c1ncc(-c3ccccc3F)cn1)CC21CC1. The zero-order valence-electron chi connectivity index (χ0n) is 16.0. The third-order valence-electron chi connectivity index (χ3n) is 5.95. The van der Waals surface area contributed by atoms with Crippen LogP contribution in [-0.4, -0.2) is 30.7 Å². The maximum atomic E-state index is 14.1. The summed E-state index contributed by atoms with van der Waals surface area (Å²) in [6.07, 6.45) is 5.38. The van der Waals surface area contributed by atoms with Gasteiger partial charge in [0, 0.05) is 41.2 Å². The molecule has 29 heavy (non-hydrogen) atoms. The minimum Gasteiger partial charge on any atom is -0.309 e. The van der Waals surface area contributed by atoms with Crippen LogP contribution in [0.15, 0.2) is 59.8 Å². The lowest BCUT2D eigenvalue weighted by Gasteiger charge is -2.18. The lowest BCUT2D eigenvalue weighted by Crippen LogP contribution is -2.21. The van der Waals surface area contributed by atoms with E-state index in [0.717, 1.165) is 30.6 Å². The molecule has 0 atom stereocenters. The molecule has 1 aliphatic carbocycles. The summed E-state index contributed by atoms with van der Waals surface area (Å²) in [7, 11) is -3.30. The maximum Gasteiger partial charge on any atom is 0.229 e. The predicted octanol–water partition coefficient (Wildman–Crippen LogP) is 4.26. The third-order valence-corrected chi connectivity index (χ3v) is 7.68. The van der Waals surface area contributed by atoms with Crippen molar-refractivity contribution < 1.29 is 12.8 Å². The van der Waals surface area contributed by atoms with Gasteiger partial charge in [-0.1, -0.05) is 31.2 Å². The van der Waals surface area contributed by atoms with Crippen molar-refractivity contribution in [3.8, 4) is 11.1 Å². The number of anilines is 2. The Kier molecular flexibility index (Phi) is 4.00. The fourth-order valence-corrected chi connectivity index (χ4v) is 4.97. The minimum absolute atomic E-state index is 0.0603. The molecule has 0 amide bonds. The molecule has 0 saturated heterocycles. The molecule has 1 aromatic heterocycles. The van der Waals surface area contributed by atoms with Crippen LogP contribution >= 0.6 is 0 Å². The summed E-state index contributed by atoms with van der Waals surface area (Å²) in [5, 5.41) is 0. The highest BCUT2D eigenvalue weighted by atomic mass is 32.2. The molecule has 7 heteroatoms. The highest BCUT2D eigenvalue weighted by Crippen LogP contribution is 2.58. The molecule has 1 aliphatic heterocycles. The van der Waals surface area contributed by atoms with Gasteiger partial charge in [0.15, 0.2) is 9.84 Å². The molecule has 1 fully saturated rings. The fourth-order valence-electron chi connectivity index (χ4n) is 4.07. The topological polar surface area (TPSA) is 63.2 Å². The fraction of sp³-hybridized carbons (Fsp3) is 0.273. The van der Waals surface area contributed by atoms with Crippen LogP contribution in [0.4, 0.5) is 16.0 Å². The number of hydrogen-bond donors (Lipinski definition) is 0. The van der Waals surface area contributed by atoms with Gasteiger partial charge in [0.2, 0.25) is 5.95 Å². The Bertz CT molecular complexity index is 1200. The Hall–Kier alpha value is -2.80. The van der Waals surface area contributed by atoms with Gasteiger partial charge in [-0.05, 0) is 36.6 Å². The molecule has 5 nitrogen and oxygen atoms in total. The predicted molar refractivity (Wildman–Crippen MR) is 110 cm³/mol. The highest BCUT2D eigenvalue weighted by molar-refractivity contribution is 7.91. The summed E-state index contributed by atoms with van der Waals surface area (Å²) < 4.78 is 38.8. The van der Waals surface area contributed by atoms with E-state index < -0.39 is 9.84 Å². The first-order chi connectivity index (χ1) is 13.9. The lowest BCUT2D eigenvalue weighted by atomic mass is 9.99. The van der Waals surface area contributed by atoms with E-state index in [1.807, 2.05) is 11.0 Å². The smallest absolute Gasteiger partial charge is 0.229 e. The average molecular weight is 409 g/mol. The average Bonchev–Trinajstić information content (AvgIpc) is 3.45. The summed E-state index contributed by atoms with van der Waals surface area (Å²) in [5.74, 6) is 0.244. The van der Waals surface area contributed by atoms with Crippen LogP contribution in [0.2, 0.25) is 0 Å². The number of fused-ring (bicyclic) bond motifs is 2. The zero-order chi connectivity index (χ0) is 20.2. The molecular formula is C22H20FN3O2S. The monoisotopic (exact) mass is 409 g/mol. The summed E-state index contributed by atoms with van der Waals surface area (Å²) in [4.78, 5) is 11.3. The summed E-state index contributed by atoms with van der Waals surface area (Å²) in [6, 6.07) is 11.9. The van der Waals surface area contributed by atoms with E-state index in [4.69, 9.17) is 0 Å². The molecule has 0 N–H and O–H groups in total. The number of benzene rings is 2. The molecule has 0 unspecified atom stereocenters. The van der Waals surface area contributed by atoms with Crippen molar-refractivity contribution in [1.29, 1.82) is 0 Å². The maximum absolute atomic E-state index is 14.1. The van der Waals surface area contributed by atoms with E-state index in [1.54, 1.807) is 49.6 Å². The Labute approximate surface area is 169 Å². The Balaban J connectivity index is 1.55. The van der Waals surface area contributed by atoms with Crippen molar-refractivity contribution >= 4 is 21.5 Å². The van der Waals surface area contributed by atoms with E-state index in [1.165, 1.54) is 6.07 Å². The van der Waals surface area contributed by atoms with E-state index in [0.29, 0.717) is 22.0 Å². The molecular weight excluding hydrogens is 389 g/mol. The van der Waals surface area contributed by atoms with Crippen molar-refractivity contribution in [3.05, 3.63) is 66.2 Å². The highest BCUT2D eigenvalue weighted by Gasteiger charge is 2.52. The number of hydrogen-bond acceptors (Lipinski definition) is 5. The van der Waals surface area contributed by atoms with Crippen LogP contribution in [0.25, 0.3) is 11.1 Å². The van der Waals surface area contributed by atoms with Gasteiger partial charge in [-0.25, -0.2) is 22.8 Å². The standard InChI is InChI=1S/C22H20FN3O2S/c1-2-29(27,28)16-7-8-18-20(11-16)26(14-22(18)9-10-22)21-24-12-15(13-25-21)17-5-3-4-6-19(17)23/h3-8,11-13H,2,9-10,14H2,1H3.